The Morgan fingerprint density at radius 3 is 2.75 bits per heavy atom. The van der Waals surface area contributed by atoms with E-state index in [1.54, 1.807) is 0 Å². The van der Waals surface area contributed by atoms with E-state index in [0.29, 0.717) is 0 Å². The first-order chi connectivity index (χ1) is 5.77. The molecular formula is C12H12. The molecule has 0 fully saturated rings. The van der Waals surface area contributed by atoms with Gasteiger partial charge in [-0.25, -0.2) is 0 Å². The van der Waals surface area contributed by atoms with Crippen molar-refractivity contribution in [2.24, 2.45) is 0 Å². The molecule has 0 bridgehead atoms. The summed E-state index contributed by atoms with van der Waals surface area (Å²) in [6.07, 6.45) is 3.29. The van der Waals surface area contributed by atoms with Crippen LogP contribution in [-0.2, 0) is 6.42 Å². The lowest BCUT2D eigenvalue weighted by atomic mass is 10.1. The molecule has 0 N–H and O–H groups in total. The average molecular weight is 156 g/mol. The maximum absolute atomic E-state index is 3.95. The Kier molecular flexibility index (Phi) is 1.61. The first-order valence-corrected chi connectivity index (χ1v) is 4.22. The van der Waals surface area contributed by atoms with Crippen molar-refractivity contribution >= 4 is 6.08 Å². The zero-order chi connectivity index (χ0) is 8.55. The third-order valence-electron chi connectivity index (χ3n) is 2.31. The van der Waals surface area contributed by atoms with Gasteiger partial charge in [-0.05, 0) is 30.0 Å². The Morgan fingerprint density at radius 1 is 1.33 bits per heavy atom. The van der Waals surface area contributed by atoms with Gasteiger partial charge in [-0.2, -0.15) is 0 Å². The Bertz CT molecular complexity index is 356. The van der Waals surface area contributed by atoms with Crippen LogP contribution >= 0.6 is 0 Å². The largest absolute Gasteiger partial charge is 0.0958 e. The molecule has 12 heavy (non-hydrogen) atoms. The van der Waals surface area contributed by atoms with Gasteiger partial charge in [-0.1, -0.05) is 42.5 Å². The van der Waals surface area contributed by atoms with Gasteiger partial charge in [0.25, 0.3) is 0 Å². The topological polar surface area (TPSA) is 0 Å². The summed E-state index contributed by atoms with van der Waals surface area (Å²) in [5.74, 6) is 0. The Labute approximate surface area is 73.2 Å². The summed E-state index contributed by atoms with van der Waals surface area (Å²) in [6.45, 7) is 6.02. The van der Waals surface area contributed by atoms with Gasteiger partial charge in [0.15, 0.2) is 0 Å². The van der Waals surface area contributed by atoms with E-state index in [4.69, 9.17) is 0 Å². The number of hydrogen-bond acceptors (Lipinski definition) is 0. The molecule has 0 amide bonds. The van der Waals surface area contributed by atoms with Crippen LogP contribution in [0.5, 0.6) is 0 Å². The van der Waals surface area contributed by atoms with Crippen molar-refractivity contribution in [1.29, 1.82) is 0 Å². The molecule has 1 aliphatic carbocycles. The van der Waals surface area contributed by atoms with Gasteiger partial charge < -0.3 is 0 Å². The van der Waals surface area contributed by atoms with Crippen molar-refractivity contribution < 1.29 is 0 Å². The molecule has 0 radical (unpaired) electrons. The highest BCUT2D eigenvalue weighted by molar-refractivity contribution is 5.67. The van der Waals surface area contributed by atoms with Crippen LogP contribution in [-0.4, -0.2) is 0 Å². The van der Waals surface area contributed by atoms with Crippen molar-refractivity contribution in [3.63, 3.8) is 0 Å². The average Bonchev–Trinajstić information content (AvgIpc) is 2.46. The Morgan fingerprint density at radius 2 is 2.08 bits per heavy atom. The summed E-state index contributed by atoms with van der Waals surface area (Å²) in [7, 11) is 0. The fourth-order valence-corrected chi connectivity index (χ4v) is 1.55. The van der Waals surface area contributed by atoms with Crippen molar-refractivity contribution in [1.82, 2.24) is 0 Å². The summed E-state index contributed by atoms with van der Waals surface area (Å²) < 4.78 is 0. The maximum Gasteiger partial charge on any atom is -0.00172 e. The second kappa shape index (κ2) is 2.63. The predicted octanol–water partition coefficient (Wildman–Crippen LogP) is 3.20. The molecule has 0 atom stereocenters. The van der Waals surface area contributed by atoms with Gasteiger partial charge in [-0.3, -0.25) is 0 Å². The predicted molar refractivity (Wildman–Crippen MR) is 52.9 cm³/mol. The lowest BCUT2D eigenvalue weighted by Crippen LogP contribution is -1.84. The minimum Gasteiger partial charge on any atom is -0.0958 e. The van der Waals surface area contributed by atoms with Crippen LogP contribution in [0.25, 0.3) is 6.08 Å². The molecule has 0 saturated carbocycles. The van der Waals surface area contributed by atoms with Crippen LogP contribution in [0.4, 0.5) is 0 Å². The molecule has 1 aliphatic rings. The summed E-state index contributed by atoms with van der Waals surface area (Å²) in [5.41, 5.74) is 5.34. The molecule has 0 spiro atoms. The summed E-state index contributed by atoms with van der Waals surface area (Å²) >= 11 is 0. The van der Waals surface area contributed by atoms with E-state index < -0.39 is 0 Å². The number of rotatable bonds is 1. The monoisotopic (exact) mass is 156 g/mol. The summed E-state index contributed by atoms with van der Waals surface area (Å²) in [4.78, 5) is 0. The van der Waals surface area contributed by atoms with Gasteiger partial charge >= 0.3 is 0 Å². The minimum absolute atomic E-state index is 1.06. The molecule has 0 nitrogen and oxygen atoms in total. The smallest absolute Gasteiger partial charge is 0.00172 e. The van der Waals surface area contributed by atoms with Crippen LogP contribution in [0.2, 0.25) is 0 Å². The SMILES string of the molecule is C=C(C)C1=Cc2ccccc2C1. The third kappa shape index (κ3) is 1.10. The highest BCUT2D eigenvalue weighted by Crippen LogP contribution is 2.27. The molecule has 0 heteroatoms. The molecule has 60 valence electrons. The summed E-state index contributed by atoms with van der Waals surface area (Å²) in [5, 5.41) is 0. The number of benzene rings is 1. The molecule has 0 unspecified atom stereocenters. The molecule has 0 saturated heterocycles. The number of hydrogen-bond donors (Lipinski definition) is 0. The van der Waals surface area contributed by atoms with Crippen molar-refractivity contribution in [3.05, 3.63) is 53.1 Å². The molecule has 1 aromatic carbocycles. The third-order valence-corrected chi connectivity index (χ3v) is 2.31. The highest BCUT2D eigenvalue weighted by Gasteiger charge is 2.10. The zero-order valence-electron chi connectivity index (χ0n) is 7.30. The maximum atomic E-state index is 3.95. The van der Waals surface area contributed by atoms with Crippen molar-refractivity contribution in [2.45, 2.75) is 13.3 Å². The molecule has 0 aromatic heterocycles. The van der Waals surface area contributed by atoms with Crippen LogP contribution in [0.1, 0.15) is 18.1 Å². The normalized spacial score (nSPS) is 13.9. The van der Waals surface area contributed by atoms with Crippen LogP contribution in [0, 0.1) is 0 Å². The molecular weight excluding hydrogens is 144 g/mol. The fourth-order valence-electron chi connectivity index (χ4n) is 1.55. The van der Waals surface area contributed by atoms with Gasteiger partial charge in [0.1, 0.15) is 0 Å². The summed E-state index contributed by atoms with van der Waals surface area (Å²) in [6, 6.07) is 8.51. The van der Waals surface area contributed by atoms with Crippen LogP contribution in [0.15, 0.2) is 42.0 Å². The zero-order valence-corrected chi connectivity index (χ0v) is 7.30. The molecule has 1 aromatic rings. The molecule has 0 heterocycles. The van der Waals surface area contributed by atoms with E-state index in [1.165, 1.54) is 22.3 Å². The van der Waals surface area contributed by atoms with Gasteiger partial charge in [0.05, 0.1) is 0 Å². The molecule has 2 rings (SSSR count). The standard InChI is InChI=1S/C12H12/c1-9(2)12-7-10-5-3-4-6-11(10)8-12/h3-7H,1,8H2,2H3. The highest BCUT2D eigenvalue weighted by atomic mass is 14.2. The van der Waals surface area contributed by atoms with Gasteiger partial charge in [0.2, 0.25) is 0 Å². The Balaban J connectivity index is 2.41. The van der Waals surface area contributed by atoms with Gasteiger partial charge in [-0.15, -0.1) is 0 Å². The lowest BCUT2D eigenvalue weighted by molar-refractivity contribution is 1.20. The van der Waals surface area contributed by atoms with Gasteiger partial charge in [0, 0.05) is 0 Å². The van der Waals surface area contributed by atoms with E-state index in [9.17, 15) is 0 Å². The van der Waals surface area contributed by atoms with E-state index in [2.05, 4.69) is 43.8 Å². The van der Waals surface area contributed by atoms with Crippen LogP contribution < -0.4 is 0 Å². The molecule has 0 aliphatic heterocycles. The lowest BCUT2D eigenvalue weighted by Gasteiger charge is -1.98. The number of allylic oxidation sites excluding steroid dienone is 2. The van der Waals surface area contributed by atoms with E-state index in [-0.39, 0.29) is 0 Å². The first-order valence-electron chi connectivity index (χ1n) is 4.22. The van der Waals surface area contributed by atoms with Crippen molar-refractivity contribution in [3.8, 4) is 0 Å². The van der Waals surface area contributed by atoms with E-state index in [1.807, 2.05) is 0 Å². The second-order valence-electron chi connectivity index (χ2n) is 3.33. The second-order valence-corrected chi connectivity index (χ2v) is 3.33. The van der Waals surface area contributed by atoms with Crippen molar-refractivity contribution in [2.75, 3.05) is 0 Å². The number of fused-ring (bicyclic) bond motifs is 1. The van der Waals surface area contributed by atoms with E-state index in [0.717, 1.165) is 6.42 Å². The first kappa shape index (κ1) is 7.35. The van der Waals surface area contributed by atoms with E-state index >= 15 is 0 Å². The van der Waals surface area contributed by atoms with Crippen LogP contribution in [0.3, 0.4) is 0 Å². The quantitative estimate of drug-likeness (QED) is 0.585. The minimum atomic E-state index is 1.06. The fraction of sp³-hybridized carbons (Fsp3) is 0.167. The Hall–Kier alpha value is -1.30.